The van der Waals surface area contributed by atoms with Crippen molar-refractivity contribution in [1.29, 1.82) is 0 Å². The molecule has 2 aromatic carbocycles. The minimum absolute atomic E-state index is 0.143. The number of carbonyl (C=O) groups excluding carboxylic acids is 1. The first-order valence-electron chi connectivity index (χ1n) is 10.0. The van der Waals surface area contributed by atoms with Crippen LogP contribution in [-0.4, -0.2) is 47.6 Å². The van der Waals surface area contributed by atoms with Gasteiger partial charge in [-0.2, -0.15) is 0 Å². The van der Waals surface area contributed by atoms with E-state index in [2.05, 4.69) is 28.0 Å². The van der Waals surface area contributed by atoms with E-state index in [0.29, 0.717) is 22.6 Å². The van der Waals surface area contributed by atoms with E-state index in [1.807, 2.05) is 23.1 Å². The molecule has 4 nitrogen and oxygen atoms in total. The van der Waals surface area contributed by atoms with E-state index in [1.165, 1.54) is 18.5 Å². The lowest BCUT2D eigenvalue weighted by atomic mass is 10.1. The summed E-state index contributed by atoms with van der Waals surface area (Å²) < 4.78 is 0. The Bertz CT molecular complexity index is 936. The average Bonchev–Trinajstić information content (AvgIpc) is 3.48. The number of halogens is 2. The molecule has 1 aliphatic carbocycles. The van der Waals surface area contributed by atoms with E-state index in [9.17, 15) is 4.79 Å². The first-order valence-corrected chi connectivity index (χ1v) is 12.0. The number of amides is 1. The van der Waals surface area contributed by atoms with Crippen molar-refractivity contribution in [1.82, 2.24) is 4.90 Å². The van der Waals surface area contributed by atoms with Crippen molar-refractivity contribution in [3.63, 3.8) is 0 Å². The van der Waals surface area contributed by atoms with Gasteiger partial charge in [0.15, 0.2) is 0 Å². The third-order valence-electron chi connectivity index (χ3n) is 5.94. The number of thioether (sulfide) groups is 1. The predicted molar refractivity (Wildman–Crippen MR) is 122 cm³/mol. The topological polar surface area (TPSA) is 26.8 Å². The molecule has 0 bridgehead atoms. The second-order valence-electron chi connectivity index (χ2n) is 7.90. The molecule has 29 heavy (non-hydrogen) atoms. The second-order valence-corrected chi connectivity index (χ2v) is 9.74. The molecule has 2 heterocycles. The first kappa shape index (κ1) is 19.6. The van der Waals surface area contributed by atoms with Crippen LogP contribution in [0.2, 0.25) is 10.0 Å². The Hall–Kier alpha value is -1.40. The van der Waals surface area contributed by atoms with Crippen molar-refractivity contribution in [2.45, 2.75) is 31.5 Å². The molecule has 0 radical (unpaired) electrons. The maximum absolute atomic E-state index is 13.6. The van der Waals surface area contributed by atoms with Crippen molar-refractivity contribution >= 4 is 52.2 Å². The van der Waals surface area contributed by atoms with Gasteiger partial charge in [-0.15, -0.1) is 11.8 Å². The Morgan fingerprint density at radius 2 is 1.86 bits per heavy atom. The molecule has 2 fully saturated rings. The molecule has 0 spiro atoms. The molecule has 152 valence electrons. The number of rotatable bonds is 4. The third kappa shape index (κ3) is 3.86. The number of hydrogen-bond acceptors (Lipinski definition) is 4. The van der Waals surface area contributed by atoms with Gasteiger partial charge in [0, 0.05) is 47.4 Å². The average molecular weight is 448 g/mol. The van der Waals surface area contributed by atoms with Crippen LogP contribution in [0.4, 0.5) is 11.4 Å². The Morgan fingerprint density at radius 1 is 1.07 bits per heavy atom. The fourth-order valence-corrected chi connectivity index (χ4v) is 5.86. The van der Waals surface area contributed by atoms with E-state index in [1.54, 1.807) is 17.8 Å². The molecule has 2 aromatic rings. The van der Waals surface area contributed by atoms with Crippen LogP contribution in [-0.2, 0) is 11.3 Å². The number of anilines is 2. The van der Waals surface area contributed by atoms with Crippen molar-refractivity contribution in [3.8, 4) is 0 Å². The highest BCUT2D eigenvalue weighted by Gasteiger charge is 2.39. The molecular weight excluding hydrogens is 425 g/mol. The first-order chi connectivity index (χ1) is 14.1. The van der Waals surface area contributed by atoms with Gasteiger partial charge in [0.05, 0.1) is 17.4 Å². The summed E-state index contributed by atoms with van der Waals surface area (Å²) in [5.41, 5.74) is 3.22. The minimum atomic E-state index is -0.143. The number of nitrogens with zero attached hydrogens (tertiary/aromatic N) is 3. The zero-order valence-corrected chi connectivity index (χ0v) is 18.4. The van der Waals surface area contributed by atoms with Gasteiger partial charge < -0.3 is 9.80 Å². The van der Waals surface area contributed by atoms with Crippen LogP contribution in [0.25, 0.3) is 0 Å². The molecule has 3 aliphatic rings. The highest BCUT2D eigenvalue weighted by atomic mass is 35.5. The lowest BCUT2D eigenvalue weighted by molar-refractivity contribution is -0.122. The van der Waals surface area contributed by atoms with Crippen LogP contribution in [0.3, 0.4) is 0 Å². The highest BCUT2D eigenvalue weighted by Crippen LogP contribution is 2.40. The lowest BCUT2D eigenvalue weighted by Gasteiger charge is -2.39. The van der Waals surface area contributed by atoms with E-state index in [-0.39, 0.29) is 11.9 Å². The number of carbonyl (C=O) groups is 1. The van der Waals surface area contributed by atoms with Gasteiger partial charge in [0.25, 0.3) is 0 Å². The van der Waals surface area contributed by atoms with Gasteiger partial charge in [-0.3, -0.25) is 9.69 Å². The van der Waals surface area contributed by atoms with E-state index in [0.717, 1.165) is 36.0 Å². The summed E-state index contributed by atoms with van der Waals surface area (Å²) in [6.07, 6.45) is 2.52. The standard InChI is InChI=1S/C22H23Cl2N3OS/c23-16-5-8-18(24)15(11-16)12-25-14-29-13-21(25)22(28)27-10-9-26(17-6-7-17)19-3-1-2-4-20(19)27/h1-5,8,11,17,21H,6-7,9-10,12-14H2. The molecule has 5 rings (SSSR count). The van der Waals surface area contributed by atoms with Crippen molar-refractivity contribution in [2.24, 2.45) is 0 Å². The van der Waals surface area contributed by atoms with Crippen molar-refractivity contribution < 1.29 is 4.79 Å². The summed E-state index contributed by atoms with van der Waals surface area (Å²) in [5.74, 6) is 1.82. The van der Waals surface area contributed by atoms with Crippen LogP contribution in [0.5, 0.6) is 0 Å². The van der Waals surface area contributed by atoms with Gasteiger partial charge in [-0.1, -0.05) is 35.3 Å². The molecule has 1 saturated heterocycles. The molecule has 2 aliphatic heterocycles. The van der Waals surface area contributed by atoms with Gasteiger partial charge in [-0.25, -0.2) is 0 Å². The fraction of sp³-hybridized carbons (Fsp3) is 0.409. The van der Waals surface area contributed by atoms with Crippen molar-refractivity contribution in [2.75, 3.05) is 34.5 Å². The third-order valence-corrected chi connectivity index (χ3v) is 7.61. The van der Waals surface area contributed by atoms with Gasteiger partial charge in [-0.05, 0) is 48.7 Å². The maximum Gasteiger partial charge on any atom is 0.245 e. The van der Waals surface area contributed by atoms with Crippen molar-refractivity contribution in [3.05, 3.63) is 58.1 Å². The van der Waals surface area contributed by atoms with Gasteiger partial charge in [0.2, 0.25) is 5.91 Å². The predicted octanol–water partition coefficient (Wildman–Crippen LogP) is 4.88. The molecule has 1 unspecified atom stereocenters. The Kier molecular flexibility index (Phi) is 5.41. The monoisotopic (exact) mass is 447 g/mol. The molecule has 1 saturated carbocycles. The highest BCUT2D eigenvalue weighted by molar-refractivity contribution is 7.99. The number of fused-ring (bicyclic) bond motifs is 1. The summed E-state index contributed by atoms with van der Waals surface area (Å²) in [6, 6.07) is 14.4. The summed E-state index contributed by atoms with van der Waals surface area (Å²) in [6.45, 7) is 2.29. The normalized spacial score (nSPS) is 22.1. The summed E-state index contributed by atoms with van der Waals surface area (Å²) >= 11 is 14.3. The summed E-state index contributed by atoms with van der Waals surface area (Å²) in [4.78, 5) is 20.3. The maximum atomic E-state index is 13.6. The molecule has 7 heteroatoms. The number of para-hydroxylation sites is 2. The Balaban J connectivity index is 1.38. The van der Waals surface area contributed by atoms with Crippen LogP contribution >= 0.6 is 35.0 Å². The van der Waals surface area contributed by atoms with Crippen LogP contribution < -0.4 is 9.80 Å². The molecule has 0 aromatic heterocycles. The number of hydrogen-bond donors (Lipinski definition) is 0. The van der Waals surface area contributed by atoms with E-state index < -0.39 is 0 Å². The molecule has 1 amide bonds. The van der Waals surface area contributed by atoms with Gasteiger partial charge in [0.1, 0.15) is 0 Å². The second kappa shape index (κ2) is 8.03. The minimum Gasteiger partial charge on any atom is -0.365 e. The molecular formula is C22H23Cl2N3OS. The lowest BCUT2D eigenvalue weighted by Crippen LogP contribution is -2.52. The fourth-order valence-electron chi connectivity index (χ4n) is 4.30. The number of benzene rings is 2. The van der Waals surface area contributed by atoms with Crippen LogP contribution in [0, 0.1) is 0 Å². The Labute approximate surface area is 185 Å². The zero-order chi connectivity index (χ0) is 20.0. The Morgan fingerprint density at radius 3 is 2.66 bits per heavy atom. The largest absolute Gasteiger partial charge is 0.365 e. The quantitative estimate of drug-likeness (QED) is 0.666. The van der Waals surface area contributed by atoms with Crippen LogP contribution in [0.15, 0.2) is 42.5 Å². The van der Waals surface area contributed by atoms with Crippen LogP contribution in [0.1, 0.15) is 18.4 Å². The summed E-state index contributed by atoms with van der Waals surface area (Å²) in [7, 11) is 0. The zero-order valence-electron chi connectivity index (χ0n) is 16.1. The SMILES string of the molecule is O=C(C1CSCN1Cc1cc(Cl)ccc1Cl)N1CCN(C2CC2)c2ccccc21. The summed E-state index contributed by atoms with van der Waals surface area (Å²) in [5, 5.41) is 1.37. The molecule has 1 atom stereocenters. The smallest absolute Gasteiger partial charge is 0.245 e. The van der Waals surface area contributed by atoms with Gasteiger partial charge >= 0.3 is 0 Å². The van der Waals surface area contributed by atoms with E-state index in [4.69, 9.17) is 23.2 Å². The van der Waals surface area contributed by atoms with E-state index >= 15 is 0 Å². The molecule has 0 N–H and O–H groups in total.